The Kier molecular flexibility index (Phi) is 3.61. The molecule has 0 aromatic carbocycles. The first-order chi connectivity index (χ1) is 8.75. The second-order valence-electron chi connectivity index (χ2n) is 5.77. The molecule has 1 saturated carbocycles. The summed E-state index contributed by atoms with van der Waals surface area (Å²) in [5, 5.41) is 3.95. The van der Waals surface area contributed by atoms with E-state index in [2.05, 4.69) is 16.7 Å². The number of aryl methyl sites for hydroxylation is 1. The number of hydrogen-bond acceptors (Lipinski definition) is 4. The van der Waals surface area contributed by atoms with Gasteiger partial charge in [-0.1, -0.05) is 19.8 Å². The highest BCUT2D eigenvalue weighted by Crippen LogP contribution is 2.37. The van der Waals surface area contributed by atoms with Gasteiger partial charge in [0.15, 0.2) is 5.82 Å². The van der Waals surface area contributed by atoms with E-state index in [0.717, 1.165) is 12.8 Å². The third kappa shape index (κ3) is 2.76. The summed E-state index contributed by atoms with van der Waals surface area (Å²) >= 11 is 0. The lowest BCUT2D eigenvalue weighted by Crippen LogP contribution is -2.34. The number of nitrogens with one attached hydrogen (secondary N) is 1. The predicted molar refractivity (Wildman–Crippen MR) is 74.1 cm³/mol. The number of nitrogens with two attached hydrogens (primary N) is 1. The number of sulfonamides is 1. The molecule has 0 bridgehead atoms. The van der Waals surface area contributed by atoms with Crippen LogP contribution < -0.4 is 10.5 Å². The fourth-order valence-electron chi connectivity index (χ4n) is 2.69. The van der Waals surface area contributed by atoms with E-state index in [0.29, 0.717) is 12.2 Å². The third-order valence-corrected chi connectivity index (χ3v) is 5.64. The molecule has 0 aliphatic heterocycles. The maximum absolute atomic E-state index is 12.3. The van der Waals surface area contributed by atoms with Crippen molar-refractivity contribution in [3.05, 3.63) is 5.69 Å². The number of hydrogen-bond donors (Lipinski definition) is 2. The summed E-state index contributed by atoms with van der Waals surface area (Å²) in [6, 6.07) is 0. The Morgan fingerprint density at radius 1 is 1.42 bits per heavy atom. The van der Waals surface area contributed by atoms with Gasteiger partial charge < -0.3 is 5.73 Å². The van der Waals surface area contributed by atoms with Crippen LogP contribution in [-0.4, -0.2) is 24.7 Å². The Labute approximate surface area is 114 Å². The van der Waals surface area contributed by atoms with Crippen LogP contribution >= 0.6 is 0 Å². The molecule has 1 aromatic heterocycles. The second kappa shape index (κ2) is 4.79. The van der Waals surface area contributed by atoms with Gasteiger partial charge >= 0.3 is 0 Å². The molecule has 3 N–H and O–H groups in total. The molecule has 108 valence electrons. The van der Waals surface area contributed by atoms with Crippen LogP contribution in [0.4, 0.5) is 5.82 Å². The van der Waals surface area contributed by atoms with Crippen molar-refractivity contribution in [3.63, 3.8) is 0 Å². The van der Waals surface area contributed by atoms with E-state index in [1.54, 1.807) is 14.0 Å². The molecule has 0 spiro atoms. The minimum absolute atomic E-state index is 0.0593. The smallest absolute Gasteiger partial charge is 0.246 e. The Bertz CT molecular complexity index is 571. The standard InChI is InChI=1S/C12H22N4O2S/c1-9-10(11(13)15-16(9)3)19(17,18)14-8-12(2)6-4-5-7-12/h14H,4-8H2,1-3H3,(H2,13,15). The van der Waals surface area contributed by atoms with Gasteiger partial charge in [0.2, 0.25) is 10.0 Å². The minimum atomic E-state index is -3.58. The molecule has 1 aliphatic rings. The van der Waals surface area contributed by atoms with Crippen molar-refractivity contribution < 1.29 is 8.42 Å². The van der Waals surface area contributed by atoms with Crippen LogP contribution in [0.5, 0.6) is 0 Å². The first-order valence-corrected chi connectivity index (χ1v) is 8.02. The molecule has 1 heterocycles. The monoisotopic (exact) mass is 286 g/mol. The van der Waals surface area contributed by atoms with Gasteiger partial charge in [-0.05, 0) is 25.2 Å². The van der Waals surface area contributed by atoms with Crippen molar-refractivity contribution in [2.75, 3.05) is 12.3 Å². The molecule has 19 heavy (non-hydrogen) atoms. The van der Waals surface area contributed by atoms with E-state index < -0.39 is 10.0 Å². The lowest BCUT2D eigenvalue weighted by atomic mass is 9.89. The van der Waals surface area contributed by atoms with E-state index in [-0.39, 0.29) is 16.1 Å². The zero-order valence-corrected chi connectivity index (χ0v) is 12.5. The number of anilines is 1. The molecule has 0 unspecified atom stereocenters. The predicted octanol–water partition coefficient (Wildman–Crippen LogP) is 1.17. The quantitative estimate of drug-likeness (QED) is 0.869. The fraction of sp³-hybridized carbons (Fsp3) is 0.750. The zero-order chi connectivity index (χ0) is 14.3. The number of nitrogen functional groups attached to an aromatic ring is 1. The van der Waals surface area contributed by atoms with Crippen molar-refractivity contribution >= 4 is 15.8 Å². The van der Waals surface area contributed by atoms with Gasteiger partial charge in [0.25, 0.3) is 0 Å². The summed E-state index contributed by atoms with van der Waals surface area (Å²) in [5.41, 5.74) is 6.32. The number of aromatic nitrogens is 2. The molecular formula is C12H22N4O2S. The maximum atomic E-state index is 12.3. The van der Waals surface area contributed by atoms with Gasteiger partial charge in [-0.15, -0.1) is 0 Å². The van der Waals surface area contributed by atoms with Gasteiger partial charge in [0.05, 0.1) is 5.69 Å². The maximum Gasteiger partial charge on any atom is 0.246 e. The van der Waals surface area contributed by atoms with Crippen LogP contribution in [0, 0.1) is 12.3 Å². The summed E-state index contributed by atoms with van der Waals surface area (Å²) in [7, 11) is -1.90. The Hall–Kier alpha value is -1.08. The molecule has 6 nitrogen and oxygen atoms in total. The van der Waals surface area contributed by atoms with E-state index in [4.69, 9.17) is 5.73 Å². The lowest BCUT2D eigenvalue weighted by Gasteiger charge is -2.23. The SMILES string of the molecule is Cc1c(S(=O)(=O)NCC2(C)CCCC2)c(N)nn1C. The van der Waals surface area contributed by atoms with Crippen molar-refractivity contribution in [1.29, 1.82) is 0 Å². The first-order valence-electron chi connectivity index (χ1n) is 6.54. The molecular weight excluding hydrogens is 264 g/mol. The largest absolute Gasteiger partial charge is 0.381 e. The van der Waals surface area contributed by atoms with Crippen molar-refractivity contribution in [3.8, 4) is 0 Å². The first kappa shape index (κ1) is 14.3. The molecule has 1 aliphatic carbocycles. The highest BCUT2D eigenvalue weighted by molar-refractivity contribution is 7.89. The van der Waals surface area contributed by atoms with E-state index in [1.165, 1.54) is 17.5 Å². The van der Waals surface area contributed by atoms with Gasteiger partial charge in [-0.3, -0.25) is 4.68 Å². The van der Waals surface area contributed by atoms with Crippen LogP contribution in [0.25, 0.3) is 0 Å². The summed E-state index contributed by atoms with van der Waals surface area (Å²) in [5.74, 6) is 0.0593. The van der Waals surface area contributed by atoms with Crippen molar-refractivity contribution in [1.82, 2.24) is 14.5 Å². The highest BCUT2D eigenvalue weighted by atomic mass is 32.2. The highest BCUT2D eigenvalue weighted by Gasteiger charge is 2.32. The molecule has 1 fully saturated rings. The minimum Gasteiger partial charge on any atom is -0.381 e. The van der Waals surface area contributed by atoms with Crippen LogP contribution in [0.15, 0.2) is 4.90 Å². The molecule has 0 saturated heterocycles. The van der Waals surface area contributed by atoms with Crippen LogP contribution in [-0.2, 0) is 17.1 Å². The van der Waals surface area contributed by atoms with Gasteiger partial charge in [-0.2, -0.15) is 5.10 Å². The molecule has 1 aromatic rings. The summed E-state index contributed by atoms with van der Waals surface area (Å²) in [6.45, 7) is 4.29. The van der Waals surface area contributed by atoms with Gasteiger partial charge in [0.1, 0.15) is 4.90 Å². The second-order valence-corrected chi connectivity index (χ2v) is 7.47. The topological polar surface area (TPSA) is 90.0 Å². The molecule has 0 atom stereocenters. The van der Waals surface area contributed by atoms with Crippen molar-refractivity contribution in [2.45, 2.75) is 44.4 Å². The molecule has 0 amide bonds. The zero-order valence-electron chi connectivity index (χ0n) is 11.7. The Morgan fingerprint density at radius 2 is 2.00 bits per heavy atom. The fourth-order valence-corrected chi connectivity index (χ4v) is 4.21. The van der Waals surface area contributed by atoms with E-state index in [9.17, 15) is 8.42 Å². The normalized spacial score (nSPS) is 18.9. The average Bonchev–Trinajstić information content (AvgIpc) is 2.83. The Morgan fingerprint density at radius 3 is 2.47 bits per heavy atom. The molecule has 0 radical (unpaired) electrons. The van der Waals surface area contributed by atoms with Crippen LogP contribution in [0.1, 0.15) is 38.3 Å². The van der Waals surface area contributed by atoms with Gasteiger partial charge in [0, 0.05) is 13.6 Å². The average molecular weight is 286 g/mol. The third-order valence-electron chi connectivity index (χ3n) is 4.07. The Balaban J connectivity index is 2.19. The molecule has 2 rings (SSSR count). The van der Waals surface area contributed by atoms with Gasteiger partial charge in [-0.25, -0.2) is 13.1 Å². The van der Waals surface area contributed by atoms with Crippen LogP contribution in [0.2, 0.25) is 0 Å². The summed E-state index contributed by atoms with van der Waals surface area (Å²) in [4.78, 5) is 0.108. The lowest BCUT2D eigenvalue weighted by molar-refractivity contribution is 0.336. The van der Waals surface area contributed by atoms with Crippen molar-refractivity contribution in [2.24, 2.45) is 12.5 Å². The number of nitrogens with zero attached hydrogens (tertiary/aromatic N) is 2. The van der Waals surface area contributed by atoms with E-state index in [1.807, 2.05) is 0 Å². The number of rotatable bonds is 4. The van der Waals surface area contributed by atoms with E-state index >= 15 is 0 Å². The van der Waals surface area contributed by atoms with Crippen LogP contribution in [0.3, 0.4) is 0 Å². The summed E-state index contributed by atoms with van der Waals surface area (Å²) < 4.78 is 28.9. The summed E-state index contributed by atoms with van der Waals surface area (Å²) in [6.07, 6.45) is 4.48. The molecule has 7 heteroatoms.